The van der Waals surface area contributed by atoms with Crippen molar-refractivity contribution in [2.24, 2.45) is 0 Å². The third-order valence-corrected chi connectivity index (χ3v) is 3.78. The van der Waals surface area contributed by atoms with E-state index in [0.29, 0.717) is 28.0 Å². The van der Waals surface area contributed by atoms with E-state index in [9.17, 15) is 4.79 Å². The van der Waals surface area contributed by atoms with Crippen LogP contribution in [0.4, 0.5) is 10.5 Å². The first-order valence-electron chi connectivity index (χ1n) is 6.63. The van der Waals surface area contributed by atoms with Gasteiger partial charge in [-0.3, -0.25) is 0 Å². The van der Waals surface area contributed by atoms with Gasteiger partial charge in [0.1, 0.15) is 5.75 Å². The lowest BCUT2D eigenvalue weighted by Crippen LogP contribution is -2.28. The molecule has 0 unspecified atom stereocenters. The smallest absolute Gasteiger partial charge is 0.319 e. The van der Waals surface area contributed by atoms with Crippen molar-refractivity contribution in [1.29, 1.82) is 0 Å². The number of anilines is 1. The van der Waals surface area contributed by atoms with Crippen molar-refractivity contribution in [3.05, 3.63) is 57.6 Å². The molecule has 2 aromatic rings. The van der Waals surface area contributed by atoms with Gasteiger partial charge in [-0.1, -0.05) is 35.3 Å². The zero-order chi connectivity index (χ0) is 16.1. The molecular formula is C16H16Cl2N2O2. The number of halogens is 2. The maximum absolute atomic E-state index is 12.0. The number of nitrogens with one attached hydrogen (secondary N) is 2. The molecule has 0 spiro atoms. The molecule has 0 saturated heterocycles. The maximum Gasteiger partial charge on any atom is 0.319 e. The number of carbonyl (C=O) groups excluding carboxylic acids is 1. The molecule has 0 heterocycles. The second kappa shape index (κ2) is 7.38. The number of amides is 2. The molecule has 116 valence electrons. The molecule has 22 heavy (non-hydrogen) atoms. The maximum atomic E-state index is 12.0. The molecule has 0 radical (unpaired) electrons. The molecule has 0 aliphatic rings. The summed E-state index contributed by atoms with van der Waals surface area (Å²) in [5, 5.41) is 6.47. The number of rotatable bonds is 4. The third kappa shape index (κ3) is 4.29. The monoisotopic (exact) mass is 338 g/mol. The fourth-order valence-electron chi connectivity index (χ4n) is 1.92. The standard InChI is InChI=1S/C16H16Cl2N2O2/c1-10-3-6-15(22-2)14(7-10)20-16(21)19-9-11-4-5-12(17)13(18)8-11/h3-8H,9H2,1-2H3,(H2,19,20,21). The third-order valence-electron chi connectivity index (χ3n) is 3.04. The number of aryl methyl sites for hydroxylation is 1. The molecule has 2 rings (SSSR count). The van der Waals surface area contributed by atoms with E-state index >= 15 is 0 Å². The average molecular weight is 339 g/mol. The van der Waals surface area contributed by atoms with Crippen LogP contribution in [0.2, 0.25) is 10.0 Å². The van der Waals surface area contributed by atoms with Crippen molar-refractivity contribution < 1.29 is 9.53 Å². The van der Waals surface area contributed by atoms with Gasteiger partial charge in [-0.25, -0.2) is 4.79 Å². The zero-order valence-electron chi connectivity index (χ0n) is 12.2. The molecule has 4 nitrogen and oxygen atoms in total. The van der Waals surface area contributed by atoms with Crippen LogP contribution in [-0.2, 0) is 6.54 Å². The predicted octanol–water partition coefficient (Wildman–Crippen LogP) is 4.63. The van der Waals surface area contributed by atoms with E-state index < -0.39 is 0 Å². The quantitative estimate of drug-likeness (QED) is 0.853. The van der Waals surface area contributed by atoms with Crippen molar-refractivity contribution in [2.75, 3.05) is 12.4 Å². The Kier molecular flexibility index (Phi) is 5.52. The van der Waals surface area contributed by atoms with E-state index in [2.05, 4.69) is 10.6 Å². The number of carbonyl (C=O) groups is 1. The zero-order valence-corrected chi connectivity index (χ0v) is 13.8. The number of methoxy groups -OCH3 is 1. The van der Waals surface area contributed by atoms with Crippen LogP contribution in [0.5, 0.6) is 5.75 Å². The van der Waals surface area contributed by atoms with E-state index in [1.54, 1.807) is 19.2 Å². The minimum absolute atomic E-state index is 0.324. The van der Waals surface area contributed by atoms with Crippen LogP contribution in [0.1, 0.15) is 11.1 Å². The molecule has 2 amide bonds. The van der Waals surface area contributed by atoms with Gasteiger partial charge in [-0.05, 0) is 42.3 Å². The minimum Gasteiger partial charge on any atom is -0.495 e. The Morgan fingerprint density at radius 1 is 1.14 bits per heavy atom. The van der Waals surface area contributed by atoms with Crippen LogP contribution >= 0.6 is 23.2 Å². The first-order valence-corrected chi connectivity index (χ1v) is 7.38. The average Bonchev–Trinajstić information content (AvgIpc) is 2.49. The van der Waals surface area contributed by atoms with E-state index in [1.165, 1.54) is 0 Å². The Bertz CT molecular complexity index is 690. The van der Waals surface area contributed by atoms with Gasteiger partial charge in [-0.15, -0.1) is 0 Å². The highest BCUT2D eigenvalue weighted by molar-refractivity contribution is 6.42. The summed E-state index contributed by atoms with van der Waals surface area (Å²) < 4.78 is 5.22. The van der Waals surface area contributed by atoms with Crippen molar-refractivity contribution in [1.82, 2.24) is 5.32 Å². The fraction of sp³-hybridized carbons (Fsp3) is 0.188. The fourth-order valence-corrected chi connectivity index (χ4v) is 2.24. The van der Waals surface area contributed by atoms with E-state index in [4.69, 9.17) is 27.9 Å². The number of urea groups is 1. The summed E-state index contributed by atoms with van der Waals surface area (Å²) in [6.07, 6.45) is 0. The summed E-state index contributed by atoms with van der Waals surface area (Å²) >= 11 is 11.8. The normalized spacial score (nSPS) is 10.2. The Labute approximate surface area is 139 Å². The summed E-state index contributed by atoms with van der Waals surface area (Å²) in [5.41, 5.74) is 2.51. The molecule has 0 aliphatic heterocycles. The largest absolute Gasteiger partial charge is 0.495 e. The number of benzene rings is 2. The van der Waals surface area contributed by atoms with E-state index in [1.807, 2.05) is 31.2 Å². The van der Waals surface area contributed by atoms with Gasteiger partial charge in [0, 0.05) is 6.54 Å². The predicted molar refractivity (Wildman–Crippen MR) is 90.1 cm³/mol. The van der Waals surface area contributed by atoms with E-state index in [-0.39, 0.29) is 6.03 Å². The summed E-state index contributed by atoms with van der Waals surface area (Å²) in [4.78, 5) is 12.0. The van der Waals surface area contributed by atoms with Crippen LogP contribution in [-0.4, -0.2) is 13.1 Å². The lowest BCUT2D eigenvalue weighted by atomic mass is 10.2. The lowest BCUT2D eigenvalue weighted by Gasteiger charge is -2.12. The first kappa shape index (κ1) is 16.5. The lowest BCUT2D eigenvalue weighted by molar-refractivity contribution is 0.251. The summed E-state index contributed by atoms with van der Waals surface area (Å²) in [6.45, 7) is 2.29. The molecular weight excluding hydrogens is 323 g/mol. The van der Waals surface area contributed by atoms with Crippen molar-refractivity contribution in [2.45, 2.75) is 13.5 Å². The highest BCUT2D eigenvalue weighted by Crippen LogP contribution is 2.25. The highest BCUT2D eigenvalue weighted by atomic mass is 35.5. The second-order valence-electron chi connectivity index (χ2n) is 4.76. The molecule has 0 bridgehead atoms. The summed E-state index contributed by atoms with van der Waals surface area (Å²) in [6, 6.07) is 10.5. The Morgan fingerprint density at radius 3 is 2.59 bits per heavy atom. The molecule has 0 fully saturated rings. The van der Waals surface area contributed by atoms with Crippen LogP contribution in [0.15, 0.2) is 36.4 Å². The van der Waals surface area contributed by atoms with Gasteiger partial charge < -0.3 is 15.4 Å². The molecule has 0 aromatic heterocycles. The van der Waals surface area contributed by atoms with Gasteiger partial charge in [0.2, 0.25) is 0 Å². The molecule has 0 saturated carbocycles. The van der Waals surface area contributed by atoms with Gasteiger partial charge in [0.15, 0.2) is 0 Å². The number of hydrogen-bond acceptors (Lipinski definition) is 2. The molecule has 2 aromatic carbocycles. The topological polar surface area (TPSA) is 50.4 Å². The first-order chi connectivity index (χ1) is 10.5. The summed E-state index contributed by atoms with van der Waals surface area (Å²) in [5.74, 6) is 0.607. The Balaban J connectivity index is 1.98. The van der Waals surface area contributed by atoms with Crippen LogP contribution < -0.4 is 15.4 Å². The van der Waals surface area contributed by atoms with Crippen LogP contribution in [0.3, 0.4) is 0 Å². The minimum atomic E-state index is -0.324. The number of ether oxygens (including phenoxy) is 1. The van der Waals surface area contributed by atoms with Crippen LogP contribution in [0, 0.1) is 6.92 Å². The highest BCUT2D eigenvalue weighted by Gasteiger charge is 2.08. The van der Waals surface area contributed by atoms with Gasteiger partial charge in [0.25, 0.3) is 0 Å². The second-order valence-corrected chi connectivity index (χ2v) is 5.57. The molecule has 0 aliphatic carbocycles. The Hall–Kier alpha value is -1.91. The van der Waals surface area contributed by atoms with Crippen molar-refractivity contribution in [3.63, 3.8) is 0 Å². The number of hydrogen-bond donors (Lipinski definition) is 2. The Morgan fingerprint density at radius 2 is 1.91 bits per heavy atom. The SMILES string of the molecule is COc1ccc(C)cc1NC(=O)NCc1ccc(Cl)c(Cl)c1. The molecule has 6 heteroatoms. The van der Waals surface area contributed by atoms with Gasteiger partial charge in [-0.2, -0.15) is 0 Å². The van der Waals surface area contributed by atoms with Crippen molar-refractivity contribution >= 4 is 34.9 Å². The summed E-state index contributed by atoms with van der Waals surface area (Å²) in [7, 11) is 1.56. The van der Waals surface area contributed by atoms with Gasteiger partial charge >= 0.3 is 6.03 Å². The van der Waals surface area contributed by atoms with E-state index in [0.717, 1.165) is 11.1 Å². The van der Waals surface area contributed by atoms with Crippen LogP contribution in [0.25, 0.3) is 0 Å². The van der Waals surface area contributed by atoms with Crippen molar-refractivity contribution in [3.8, 4) is 5.75 Å². The van der Waals surface area contributed by atoms with Gasteiger partial charge in [0.05, 0.1) is 22.8 Å². The molecule has 2 N–H and O–H groups in total. The molecule has 0 atom stereocenters.